The molecular formula is C24H19N. The van der Waals surface area contributed by atoms with Gasteiger partial charge in [0, 0.05) is 17.2 Å². The van der Waals surface area contributed by atoms with Gasteiger partial charge in [0.25, 0.3) is 0 Å². The van der Waals surface area contributed by atoms with E-state index < -0.39 is 0 Å². The summed E-state index contributed by atoms with van der Waals surface area (Å²) in [5.74, 6) is 0. The number of fused-ring (bicyclic) bond motifs is 5. The maximum absolute atomic E-state index is 7.98. The van der Waals surface area contributed by atoms with E-state index in [1.807, 2.05) is 6.07 Å². The monoisotopic (exact) mass is 322 g/mol. The molecule has 1 heteroatoms. The maximum Gasteiger partial charge on any atom is 0.0705 e. The summed E-state index contributed by atoms with van der Waals surface area (Å²) in [5, 5.41) is 2.60. The van der Waals surface area contributed by atoms with Crippen molar-refractivity contribution in [3.63, 3.8) is 0 Å². The average Bonchev–Trinajstić information content (AvgIpc) is 2.90. The van der Waals surface area contributed by atoms with Crippen LogP contribution in [0.5, 0.6) is 0 Å². The molecule has 4 aromatic rings. The first kappa shape index (κ1) is 13.4. The van der Waals surface area contributed by atoms with E-state index in [2.05, 4.69) is 73.4 Å². The Kier molecular flexibility index (Phi) is 2.69. The van der Waals surface area contributed by atoms with E-state index >= 15 is 0 Å². The van der Waals surface area contributed by atoms with Gasteiger partial charge in [0.05, 0.1) is 7.06 Å². The molecule has 1 heterocycles. The molecule has 3 aromatic carbocycles. The molecule has 120 valence electrons. The quantitative estimate of drug-likeness (QED) is 0.406. The Labute approximate surface area is 149 Å². The van der Waals surface area contributed by atoms with Crippen molar-refractivity contribution >= 4 is 10.8 Å². The predicted octanol–water partition coefficient (Wildman–Crippen LogP) is 6.21. The summed E-state index contributed by atoms with van der Waals surface area (Å²) >= 11 is 0. The summed E-state index contributed by atoms with van der Waals surface area (Å²) in [6.45, 7) is 4.61. The van der Waals surface area contributed by atoms with E-state index in [0.717, 1.165) is 11.3 Å². The highest BCUT2D eigenvalue weighted by Gasteiger charge is 2.38. The van der Waals surface area contributed by atoms with Crippen LogP contribution >= 0.6 is 0 Å². The van der Waals surface area contributed by atoms with Crippen LogP contribution in [0.4, 0.5) is 0 Å². The average molecular weight is 322 g/mol. The van der Waals surface area contributed by atoms with E-state index in [9.17, 15) is 0 Å². The lowest BCUT2D eigenvalue weighted by atomic mass is 9.78. The fourth-order valence-corrected chi connectivity index (χ4v) is 4.43. The lowest BCUT2D eigenvalue weighted by Gasteiger charge is -2.25. The zero-order valence-corrected chi connectivity index (χ0v) is 14.4. The van der Waals surface area contributed by atoms with Crippen molar-refractivity contribution in [2.75, 3.05) is 0 Å². The normalized spacial score (nSPS) is 14.9. The van der Waals surface area contributed by atoms with Crippen LogP contribution in [0.1, 0.15) is 26.3 Å². The minimum Gasteiger partial charge on any atom is -0.256 e. The molecule has 0 spiro atoms. The van der Waals surface area contributed by atoms with Crippen LogP contribution in [0.15, 0.2) is 79.0 Å². The van der Waals surface area contributed by atoms with E-state index in [-0.39, 0.29) is 5.41 Å². The molecule has 1 aliphatic rings. The first-order valence-corrected chi connectivity index (χ1v) is 8.66. The third-order valence-electron chi connectivity index (χ3n) is 5.41. The van der Waals surface area contributed by atoms with Gasteiger partial charge in [-0.15, -0.1) is 0 Å². The van der Waals surface area contributed by atoms with E-state index in [1.165, 1.54) is 33.0 Å². The second kappa shape index (κ2) is 5.03. The van der Waals surface area contributed by atoms with Crippen LogP contribution in [-0.2, 0) is 5.41 Å². The van der Waals surface area contributed by atoms with Crippen molar-refractivity contribution in [2.24, 2.45) is 0 Å². The van der Waals surface area contributed by atoms with Crippen molar-refractivity contribution in [2.45, 2.75) is 19.3 Å². The lowest BCUT2D eigenvalue weighted by Crippen LogP contribution is -2.17. The topological polar surface area (TPSA) is 12.9 Å². The molecule has 0 aliphatic heterocycles. The Morgan fingerprint density at radius 3 is 2.44 bits per heavy atom. The first-order valence-electron chi connectivity index (χ1n) is 9.16. The number of hydrogen-bond donors (Lipinski definition) is 0. The van der Waals surface area contributed by atoms with Crippen molar-refractivity contribution in [1.29, 1.82) is 0 Å². The molecule has 1 aliphatic carbocycles. The number of aromatic nitrogens is 1. The maximum atomic E-state index is 7.98. The molecule has 0 saturated carbocycles. The van der Waals surface area contributed by atoms with Crippen LogP contribution in [0, 0.1) is 0 Å². The summed E-state index contributed by atoms with van der Waals surface area (Å²) in [6, 6.07) is 23.6. The van der Waals surface area contributed by atoms with Crippen LogP contribution in [0.2, 0.25) is 0 Å². The van der Waals surface area contributed by atoms with Crippen molar-refractivity contribution < 1.29 is 1.37 Å². The zero-order chi connectivity index (χ0) is 17.9. The highest BCUT2D eigenvalue weighted by Crippen LogP contribution is 2.53. The van der Waals surface area contributed by atoms with Gasteiger partial charge >= 0.3 is 0 Å². The molecular weight excluding hydrogens is 302 g/mol. The summed E-state index contributed by atoms with van der Waals surface area (Å²) in [7, 11) is 0. The smallest absolute Gasteiger partial charge is 0.0705 e. The SMILES string of the molecule is [2H]c1ccnc(-c2cccc3c2C(C)(C)c2c-3ccc3ccccc23)c1. The molecule has 1 nitrogen and oxygen atoms in total. The molecule has 0 bridgehead atoms. The van der Waals surface area contributed by atoms with Crippen molar-refractivity contribution in [3.8, 4) is 22.4 Å². The predicted molar refractivity (Wildman–Crippen MR) is 105 cm³/mol. The van der Waals surface area contributed by atoms with Crippen LogP contribution in [-0.4, -0.2) is 4.98 Å². The number of benzene rings is 3. The molecule has 1 aromatic heterocycles. The highest BCUT2D eigenvalue weighted by molar-refractivity contribution is 5.99. The van der Waals surface area contributed by atoms with Crippen LogP contribution < -0.4 is 0 Å². The molecule has 0 amide bonds. The number of hydrogen-bond acceptors (Lipinski definition) is 1. The number of pyridine rings is 1. The van der Waals surface area contributed by atoms with Gasteiger partial charge < -0.3 is 0 Å². The van der Waals surface area contributed by atoms with E-state index in [0.29, 0.717) is 6.04 Å². The molecule has 5 rings (SSSR count). The van der Waals surface area contributed by atoms with Gasteiger partial charge in [-0.25, -0.2) is 0 Å². The van der Waals surface area contributed by atoms with Crippen molar-refractivity contribution in [3.05, 3.63) is 90.1 Å². The molecule has 0 radical (unpaired) electrons. The Hall–Kier alpha value is -2.93. The minimum atomic E-state index is -0.123. The third kappa shape index (κ3) is 1.93. The Morgan fingerprint density at radius 1 is 0.760 bits per heavy atom. The molecule has 25 heavy (non-hydrogen) atoms. The molecule has 0 saturated heterocycles. The Bertz CT molecular complexity index is 1170. The standard InChI is InChI=1S/C24H19N/c1-24(2)22-17-9-4-3-8-16(17)13-14-19(22)18-10-7-11-20(23(18)24)21-12-5-6-15-25-21/h3-15H,1-2H3/i5D. The fraction of sp³-hybridized carbons (Fsp3) is 0.125. The summed E-state index contributed by atoms with van der Waals surface area (Å²) in [5.41, 5.74) is 7.17. The third-order valence-corrected chi connectivity index (χ3v) is 5.41. The van der Waals surface area contributed by atoms with Gasteiger partial charge in [0.2, 0.25) is 0 Å². The van der Waals surface area contributed by atoms with Crippen LogP contribution in [0.25, 0.3) is 33.2 Å². The fourth-order valence-electron chi connectivity index (χ4n) is 4.43. The largest absolute Gasteiger partial charge is 0.256 e. The second-order valence-corrected chi connectivity index (χ2v) is 7.20. The zero-order valence-electron chi connectivity index (χ0n) is 15.4. The van der Waals surface area contributed by atoms with Gasteiger partial charge in [0.15, 0.2) is 0 Å². The second-order valence-electron chi connectivity index (χ2n) is 7.20. The van der Waals surface area contributed by atoms with Gasteiger partial charge in [0.1, 0.15) is 0 Å². The van der Waals surface area contributed by atoms with E-state index in [4.69, 9.17) is 1.37 Å². The van der Waals surface area contributed by atoms with Gasteiger partial charge in [-0.1, -0.05) is 74.5 Å². The summed E-state index contributed by atoms with van der Waals surface area (Å²) in [6.07, 6.45) is 1.72. The Morgan fingerprint density at radius 2 is 1.56 bits per heavy atom. The molecule has 0 fully saturated rings. The first-order chi connectivity index (χ1) is 12.6. The van der Waals surface area contributed by atoms with Crippen LogP contribution in [0.3, 0.4) is 0 Å². The summed E-state index contributed by atoms with van der Waals surface area (Å²) in [4.78, 5) is 4.56. The van der Waals surface area contributed by atoms with Gasteiger partial charge in [-0.05, 0) is 45.2 Å². The number of nitrogens with zero attached hydrogens (tertiary/aromatic N) is 1. The molecule has 0 unspecified atom stereocenters. The minimum absolute atomic E-state index is 0.123. The molecule has 0 N–H and O–H groups in total. The van der Waals surface area contributed by atoms with Gasteiger partial charge in [-0.2, -0.15) is 0 Å². The van der Waals surface area contributed by atoms with Gasteiger partial charge in [-0.3, -0.25) is 4.98 Å². The highest BCUT2D eigenvalue weighted by atomic mass is 14.7. The van der Waals surface area contributed by atoms with E-state index in [1.54, 1.807) is 12.3 Å². The summed E-state index contributed by atoms with van der Waals surface area (Å²) < 4.78 is 7.98. The molecule has 0 atom stereocenters. The van der Waals surface area contributed by atoms with Crippen molar-refractivity contribution in [1.82, 2.24) is 4.98 Å². The Balaban J connectivity index is 1.86. The number of rotatable bonds is 1. The lowest BCUT2D eigenvalue weighted by molar-refractivity contribution is 0.667.